The molecule has 0 fully saturated rings. The maximum Gasteiger partial charge on any atom is 0.280 e. The third kappa shape index (κ3) is 8.04. The maximum atomic E-state index is 13.2. The molecule has 304 valence electrons. The van der Waals surface area contributed by atoms with Crippen LogP contribution in [0.4, 0.5) is 0 Å². The molecule has 0 saturated carbocycles. The topological polar surface area (TPSA) is 264 Å². The summed E-state index contributed by atoms with van der Waals surface area (Å²) >= 11 is 6.80. The number of nitriles is 2. The molecule has 0 radical (unpaired) electrons. The second-order valence-electron chi connectivity index (χ2n) is 13.5. The van der Waals surface area contributed by atoms with Gasteiger partial charge in [0, 0.05) is 31.5 Å². The van der Waals surface area contributed by atoms with E-state index in [0.29, 0.717) is 56.4 Å². The molecular weight excluding hydrogens is 904 g/mol. The highest BCUT2D eigenvalue weighted by Crippen LogP contribution is 2.30. The molecule has 8 aromatic rings. The quantitative estimate of drug-likeness (QED) is 0.108. The Balaban J connectivity index is 0.000000201. The number of halogens is 2. The predicted molar refractivity (Wildman–Crippen MR) is 240 cm³/mol. The fourth-order valence-electron chi connectivity index (χ4n) is 6.83. The van der Waals surface area contributed by atoms with Crippen LogP contribution >= 0.6 is 31.9 Å². The molecule has 8 rings (SSSR count). The molecule has 10 N–H and O–H groups in total. The van der Waals surface area contributed by atoms with Crippen molar-refractivity contribution in [3.8, 4) is 68.3 Å². The SMILES string of the molecule is Cc1[nH]n(-c2ccccc2)c(=O)c1-c1cc(-c2ccc(Br)cc2)c(C#N)c(=N)n1N.Cc1[nH]n(-c2ccccc2)c(=O)c1-c1cc(-c2ccc(Br)cc2)c(C#N)c(=N)n1N.O. The summed E-state index contributed by atoms with van der Waals surface area (Å²) in [6, 6.07) is 40.7. The van der Waals surface area contributed by atoms with E-state index in [9.17, 15) is 20.1 Å². The first-order valence-corrected chi connectivity index (χ1v) is 19.7. The average molecular weight is 941 g/mol. The van der Waals surface area contributed by atoms with Crippen molar-refractivity contribution >= 4 is 31.9 Å². The molecule has 0 bridgehead atoms. The van der Waals surface area contributed by atoms with Crippen molar-refractivity contribution < 1.29 is 5.48 Å². The fraction of sp³-hybridized carbons (Fsp3) is 0.0455. The molecule has 4 aromatic carbocycles. The molecule has 4 aromatic heterocycles. The van der Waals surface area contributed by atoms with Crippen LogP contribution in [0.25, 0.3) is 56.1 Å². The van der Waals surface area contributed by atoms with Gasteiger partial charge in [0.1, 0.15) is 23.3 Å². The van der Waals surface area contributed by atoms with Gasteiger partial charge in [0.15, 0.2) is 11.0 Å². The Morgan fingerprint density at radius 3 is 1.21 bits per heavy atom. The highest BCUT2D eigenvalue weighted by molar-refractivity contribution is 9.10. The van der Waals surface area contributed by atoms with Crippen LogP contribution in [-0.4, -0.2) is 34.4 Å². The largest absolute Gasteiger partial charge is 0.412 e. The van der Waals surface area contributed by atoms with Crippen molar-refractivity contribution in [2.75, 3.05) is 11.7 Å². The molecule has 15 nitrogen and oxygen atoms in total. The third-order valence-electron chi connectivity index (χ3n) is 9.79. The second-order valence-corrected chi connectivity index (χ2v) is 15.3. The van der Waals surface area contributed by atoms with E-state index in [1.807, 2.05) is 109 Å². The monoisotopic (exact) mass is 938 g/mol. The minimum absolute atomic E-state index is 0. The summed E-state index contributed by atoms with van der Waals surface area (Å²) in [7, 11) is 0. The zero-order chi connectivity index (χ0) is 42.8. The Hall–Kier alpha value is -7.70. The zero-order valence-electron chi connectivity index (χ0n) is 32.5. The van der Waals surface area contributed by atoms with Gasteiger partial charge in [-0.25, -0.2) is 18.7 Å². The molecule has 0 aliphatic rings. The number of aromatic amines is 2. The lowest BCUT2D eigenvalue weighted by atomic mass is 9.99. The van der Waals surface area contributed by atoms with Crippen molar-refractivity contribution in [1.82, 2.24) is 28.9 Å². The molecule has 0 aliphatic heterocycles. The Morgan fingerprint density at radius 2 is 0.902 bits per heavy atom. The number of nitrogen functional groups attached to an aromatic ring is 2. The smallest absolute Gasteiger partial charge is 0.280 e. The van der Waals surface area contributed by atoms with Crippen molar-refractivity contribution in [3.63, 3.8) is 0 Å². The normalized spacial score (nSPS) is 10.5. The van der Waals surface area contributed by atoms with Crippen LogP contribution in [0, 0.1) is 47.3 Å². The third-order valence-corrected chi connectivity index (χ3v) is 10.9. The van der Waals surface area contributed by atoms with Crippen molar-refractivity contribution in [2.45, 2.75) is 13.8 Å². The molecular formula is C44H36Br2N12O3. The zero-order valence-corrected chi connectivity index (χ0v) is 35.6. The number of nitrogens with two attached hydrogens (primary N) is 2. The van der Waals surface area contributed by atoms with Gasteiger partial charge >= 0.3 is 0 Å². The van der Waals surface area contributed by atoms with E-state index in [1.165, 1.54) is 9.36 Å². The van der Waals surface area contributed by atoms with Crippen molar-refractivity contribution in [3.05, 3.63) is 184 Å². The number of pyridine rings is 2. The van der Waals surface area contributed by atoms with Gasteiger partial charge < -0.3 is 17.2 Å². The summed E-state index contributed by atoms with van der Waals surface area (Å²) in [5.74, 6) is 12.3. The Kier molecular flexibility index (Phi) is 12.4. The summed E-state index contributed by atoms with van der Waals surface area (Å²) in [5, 5.41) is 42.3. The summed E-state index contributed by atoms with van der Waals surface area (Å²) < 4.78 is 6.82. The number of benzene rings is 4. The lowest BCUT2D eigenvalue weighted by Gasteiger charge is -2.13. The Bertz CT molecular complexity index is 3040. The molecule has 0 saturated heterocycles. The minimum Gasteiger partial charge on any atom is -0.412 e. The Labute approximate surface area is 364 Å². The first kappa shape index (κ1) is 42.9. The summed E-state index contributed by atoms with van der Waals surface area (Å²) in [6.45, 7) is 3.55. The average Bonchev–Trinajstić information content (AvgIpc) is 3.73. The molecule has 0 atom stereocenters. The number of H-pyrrole nitrogens is 2. The fourth-order valence-corrected chi connectivity index (χ4v) is 7.36. The lowest BCUT2D eigenvalue weighted by molar-refractivity contribution is 0.824. The van der Waals surface area contributed by atoms with E-state index < -0.39 is 0 Å². The minimum atomic E-state index is -0.288. The number of hydrogen-bond acceptors (Lipinski definition) is 8. The van der Waals surface area contributed by atoms with E-state index in [-0.39, 0.29) is 38.7 Å². The number of rotatable bonds is 6. The van der Waals surface area contributed by atoms with Gasteiger partial charge in [-0.1, -0.05) is 92.5 Å². The van der Waals surface area contributed by atoms with Crippen molar-refractivity contribution in [1.29, 1.82) is 21.3 Å². The predicted octanol–water partition coefficient (Wildman–Crippen LogP) is 6.05. The van der Waals surface area contributed by atoms with E-state index >= 15 is 0 Å². The molecule has 17 heteroatoms. The molecule has 0 unspecified atom stereocenters. The van der Waals surface area contributed by atoms with Crippen molar-refractivity contribution in [2.24, 2.45) is 0 Å². The number of hydrogen-bond donors (Lipinski definition) is 6. The molecule has 4 heterocycles. The van der Waals surface area contributed by atoms with Crippen LogP contribution in [0.1, 0.15) is 22.5 Å². The number of nitrogens with one attached hydrogen (secondary N) is 4. The lowest BCUT2D eigenvalue weighted by Crippen LogP contribution is -2.32. The van der Waals surface area contributed by atoms with E-state index in [4.69, 9.17) is 22.5 Å². The number of nitrogens with zero attached hydrogens (tertiary/aromatic N) is 6. The number of aryl methyl sites for hydroxylation is 2. The highest BCUT2D eigenvalue weighted by atomic mass is 79.9. The maximum absolute atomic E-state index is 13.2. The van der Waals surface area contributed by atoms with Crippen LogP contribution in [0.15, 0.2) is 140 Å². The first-order valence-electron chi connectivity index (χ1n) is 18.1. The van der Waals surface area contributed by atoms with Crippen LogP contribution < -0.4 is 33.8 Å². The van der Waals surface area contributed by atoms with Gasteiger partial charge in [0.25, 0.3) is 11.1 Å². The van der Waals surface area contributed by atoms with E-state index in [2.05, 4.69) is 54.2 Å². The number of para-hydroxylation sites is 2. The molecule has 0 spiro atoms. The van der Waals surface area contributed by atoms with Crippen LogP contribution in [0.3, 0.4) is 0 Å². The summed E-state index contributed by atoms with van der Waals surface area (Å²) in [4.78, 5) is 26.5. The highest BCUT2D eigenvalue weighted by Gasteiger charge is 2.22. The van der Waals surface area contributed by atoms with Crippen LogP contribution in [0.5, 0.6) is 0 Å². The van der Waals surface area contributed by atoms with Gasteiger partial charge in [-0.15, -0.1) is 0 Å². The second kappa shape index (κ2) is 17.7. The van der Waals surface area contributed by atoms with Gasteiger partial charge in [-0.2, -0.15) is 10.5 Å². The first-order chi connectivity index (χ1) is 28.8. The number of aromatic nitrogens is 6. The Morgan fingerprint density at radius 1 is 0.574 bits per heavy atom. The van der Waals surface area contributed by atoms with Gasteiger partial charge in [0.2, 0.25) is 0 Å². The van der Waals surface area contributed by atoms with Crippen LogP contribution in [-0.2, 0) is 0 Å². The van der Waals surface area contributed by atoms with Crippen LogP contribution in [0.2, 0.25) is 0 Å². The molecule has 0 aliphatic carbocycles. The summed E-state index contributed by atoms with van der Waals surface area (Å²) in [5.41, 5.74) is 5.93. The summed E-state index contributed by atoms with van der Waals surface area (Å²) in [6.07, 6.45) is 0. The van der Waals surface area contributed by atoms with Gasteiger partial charge in [-0.05, 0) is 85.6 Å². The van der Waals surface area contributed by atoms with Gasteiger partial charge in [0.05, 0.1) is 33.9 Å². The van der Waals surface area contributed by atoms with E-state index in [1.54, 1.807) is 26.0 Å². The van der Waals surface area contributed by atoms with E-state index in [0.717, 1.165) is 29.4 Å². The van der Waals surface area contributed by atoms with Gasteiger partial charge in [-0.3, -0.25) is 30.6 Å². The standard InChI is InChI=1S/2C22H17BrN6O.H2O/c2*1-13-20(22(30)29(27-13)16-5-3-2-4-6-16)19-11-17(14-7-9-15(23)10-8-14)18(12-24)21(25)28(19)26;/h2*2-11,25,27H,26H2,1H3;1H2. The molecule has 61 heavy (non-hydrogen) atoms. The molecule has 0 amide bonds.